The van der Waals surface area contributed by atoms with Gasteiger partial charge in [0.05, 0.1) is 4.91 Å². The minimum absolute atomic E-state index is 0.235. The molecule has 0 atom stereocenters. The third-order valence-corrected chi connectivity index (χ3v) is 4.36. The Hall–Kier alpha value is -2.28. The molecule has 1 heterocycles. The number of anilines is 1. The van der Waals surface area contributed by atoms with E-state index in [1.165, 1.54) is 0 Å². The predicted octanol–water partition coefficient (Wildman–Crippen LogP) is 2.32. The summed E-state index contributed by atoms with van der Waals surface area (Å²) in [5, 5.41) is 2.25. The van der Waals surface area contributed by atoms with E-state index < -0.39 is 11.1 Å². The van der Waals surface area contributed by atoms with Crippen LogP contribution in [0.1, 0.15) is 18.9 Å². The van der Waals surface area contributed by atoms with Gasteiger partial charge in [0.25, 0.3) is 11.1 Å². The van der Waals surface area contributed by atoms with Crippen molar-refractivity contribution in [2.75, 3.05) is 32.1 Å². The molecule has 1 fully saturated rings. The number of hydrogen-bond acceptors (Lipinski definition) is 5. The zero-order chi connectivity index (χ0) is 17.7. The Morgan fingerprint density at radius 2 is 1.92 bits per heavy atom. The fourth-order valence-electron chi connectivity index (χ4n) is 2.12. The molecule has 0 spiro atoms. The van der Waals surface area contributed by atoms with E-state index in [0.717, 1.165) is 34.3 Å². The van der Waals surface area contributed by atoms with Crippen molar-refractivity contribution in [2.24, 2.45) is 0 Å². The largest absolute Gasteiger partial charge is 0.378 e. The minimum atomic E-state index is -0.423. The molecular weight excluding hydrogens is 326 g/mol. The fraction of sp³-hybridized carbons (Fsp3) is 0.353. The van der Waals surface area contributed by atoms with Gasteiger partial charge in [0.15, 0.2) is 0 Å². The summed E-state index contributed by atoms with van der Waals surface area (Å²) in [5.41, 5.74) is 1.88. The molecule has 1 N–H and O–H groups in total. The lowest BCUT2D eigenvalue weighted by atomic mass is 10.2. The van der Waals surface area contributed by atoms with Gasteiger partial charge in [0.2, 0.25) is 5.91 Å². The first-order valence-electron chi connectivity index (χ1n) is 7.72. The van der Waals surface area contributed by atoms with Gasteiger partial charge in [0, 0.05) is 26.3 Å². The van der Waals surface area contributed by atoms with E-state index >= 15 is 0 Å². The highest BCUT2D eigenvalue weighted by Crippen LogP contribution is 2.32. The quantitative estimate of drug-likeness (QED) is 0.800. The third kappa shape index (κ3) is 4.38. The van der Waals surface area contributed by atoms with E-state index in [-0.39, 0.29) is 12.5 Å². The molecule has 1 aliphatic heterocycles. The maximum atomic E-state index is 12.3. The zero-order valence-electron chi connectivity index (χ0n) is 14.0. The van der Waals surface area contributed by atoms with E-state index in [4.69, 9.17) is 0 Å². The second-order valence-corrected chi connectivity index (χ2v) is 6.60. The Balaban J connectivity index is 2.08. The topological polar surface area (TPSA) is 69.7 Å². The molecule has 6 nitrogen and oxygen atoms in total. The molecule has 0 unspecified atom stereocenters. The Labute approximate surface area is 145 Å². The lowest BCUT2D eigenvalue weighted by molar-refractivity contribution is -0.129. The minimum Gasteiger partial charge on any atom is -0.378 e. The molecule has 0 aromatic heterocycles. The van der Waals surface area contributed by atoms with Crippen molar-refractivity contribution in [3.05, 3.63) is 34.7 Å². The number of nitrogens with zero attached hydrogens (tertiary/aromatic N) is 2. The molecular formula is C17H21N3O3S. The van der Waals surface area contributed by atoms with Crippen molar-refractivity contribution in [3.63, 3.8) is 0 Å². The number of nitrogens with one attached hydrogen (secondary N) is 1. The molecule has 2 rings (SSSR count). The van der Waals surface area contributed by atoms with Crippen LogP contribution in [0.2, 0.25) is 0 Å². The summed E-state index contributed by atoms with van der Waals surface area (Å²) in [6, 6.07) is 7.65. The molecule has 1 aliphatic rings. The number of thioether (sulfide) groups is 1. The van der Waals surface area contributed by atoms with Gasteiger partial charge in [-0.1, -0.05) is 19.1 Å². The van der Waals surface area contributed by atoms with E-state index in [1.807, 2.05) is 50.2 Å². The van der Waals surface area contributed by atoms with Crippen molar-refractivity contribution in [1.29, 1.82) is 0 Å². The Morgan fingerprint density at radius 1 is 1.25 bits per heavy atom. The molecule has 0 aliphatic carbocycles. The van der Waals surface area contributed by atoms with Gasteiger partial charge in [-0.2, -0.15) is 0 Å². The molecule has 24 heavy (non-hydrogen) atoms. The number of imide groups is 1. The third-order valence-electron chi connectivity index (χ3n) is 3.45. The van der Waals surface area contributed by atoms with Crippen LogP contribution in [-0.2, 0) is 9.59 Å². The van der Waals surface area contributed by atoms with Crippen LogP contribution in [0.4, 0.5) is 10.5 Å². The zero-order valence-corrected chi connectivity index (χ0v) is 14.9. The van der Waals surface area contributed by atoms with Gasteiger partial charge in [-0.3, -0.25) is 19.3 Å². The monoisotopic (exact) mass is 347 g/mol. The number of rotatable bonds is 6. The van der Waals surface area contributed by atoms with Gasteiger partial charge >= 0.3 is 0 Å². The van der Waals surface area contributed by atoms with E-state index in [1.54, 1.807) is 6.08 Å². The Bertz CT molecular complexity index is 668. The van der Waals surface area contributed by atoms with Crippen LogP contribution in [-0.4, -0.2) is 49.1 Å². The summed E-state index contributed by atoms with van der Waals surface area (Å²) < 4.78 is 0. The lowest BCUT2D eigenvalue weighted by Gasteiger charge is -2.12. The molecule has 1 aromatic rings. The van der Waals surface area contributed by atoms with Crippen molar-refractivity contribution in [3.8, 4) is 0 Å². The van der Waals surface area contributed by atoms with Crippen molar-refractivity contribution < 1.29 is 14.4 Å². The highest BCUT2D eigenvalue weighted by Gasteiger charge is 2.36. The normalized spacial score (nSPS) is 16.0. The van der Waals surface area contributed by atoms with Crippen LogP contribution >= 0.6 is 11.8 Å². The number of carbonyl (C=O) groups excluding carboxylic acids is 3. The summed E-state index contributed by atoms with van der Waals surface area (Å²) in [5.74, 6) is -0.746. The molecule has 0 radical (unpaired) electrons. The van der Waals surface area contributed by atoms with Gasteiger partial charge in [0.1, 0.15) is 6.54 Å². The maximum Gasteiger partial charge on any atom is 0.294 e. The Morgan fingerprint density at radius 3 is 2.50 bits per heavy atom. The summed E-state index contributed by atoms with van der Waals surface area (Å²) >= 11 is 0.861. The van der Waals surface area contributed by atoms with E-state index in [0.29, 0.717) is 11.4 Å². The molecule has 7 heteroatoms. The highest BCUT2D eigenvalue weighted by molar-refractivity contribution is 8.18. The number of carbonyl (C=O) groups is 3. The van der Waals surface area contributed by atoms with Crippen LogP contribution in [0.25, 0.3) is 6.08 Å². The molecule has 3 amide bonds. The average Bonchev–Trinajstić information content (AvgIpc) is 2.81. The first-order valence-corrected chi connectivity index (χ1v) is 8.53. The second kappa shape index (κ2) is 8.01. The molecule has 0 bridgehead atoms. The van der Waals surface area contributed by atoms with E-state index in [2.05, 4.69) is 5.32 Å². The van der Waals surface area contributed by atoms with Crippen LogP contribution in [0.3, 0.4) is 0 Å². The van der Waals surface area contributed by atoms with Gasteiger partial charge in [-0.25, -0.2) is 0 Å². The van der Waals surface area contributed by atoms with E-state index in [9.17, 15) is 14.4 Å². The van der Waals surface area contributed by atoms with Crippen LogP contribution in [0.5, 0.6) is 0 Å². The van der Waals surface area contributed by atoms with Crippen molar-refractivity contribution in [2.45, 2.75) is 13.3 Å². The van der Waals surface area contributed by atoms with Gasteiger partial charge < -0.3 is 10.2 Å². The standard InChI is InChI=1S/C17H21N3O3S/c1-4-9-18-15(21)11-20-16(22)14(24-17(20)23)10-12-5-7-13(8-6-12)19(2)3/h5-8,10H,4,9,11H2,1-3H3,(H,18,21)/b14-10-. The predicted molar refractivity (Wildman–Crippen MR) is 96.7 cm³/mol. The SMILES string of the molecule is CCCNC(=O)CN1C(=O)S/C(=C\c2ccc(N(C)C)cc2)C1=O. The van der Waals surface area contributed by atoms with Gasteiger partial charge in [-0.15, -0.1) is 0 Å². The van der Waals surface area contributed by atoms with Gasteiger partial charge in [-0.05, 0) is 42.0 Å². The average molecular weight is 347 g/mol. The maximum absolute atomic E-state index is 12.3. The fourth-order valence-corrected chi connectivity index (χ4v) is 2.96. The first kappa shape index (κ1) is 18.1. The van der Waals surface area contributed by atoms with Crippen LogP contribution in [0, 0.1) is 0 Å². The number of benzene rings is 1. The summed E-state index contributed by atoms with van der Waals surface area (Å²) in [7, 11) is 3.90. The van der Waals surface area contributed by atoms with Crippen LogP contribution in [0.15, 0.2) is 29.2 Å². The molecule has 128 valence electrons. The molecule has 1 saturated heterocycles. The summed E-state index contributed by atoms with van der Waals surface area (Å²) in [6.45, 7) is 2.23. The number of amides is 3. The second-order valence-electron chi connectivity index (χ2n) is 5.60. The summed E-state index contributed by atoms with van der Waals surface area (Å²) in [4.78, 5) is 39.3. The van der Waals surface area contributed by atoms with Crippen molar-refractivity contribution >= 4 is 40.6 Å². The molecule has 1 aromatic carbocycles. The highest BCUT2D eigenvalue weighted by atomic mass is 32.2. The Kier molecular flexibility index (Phi) is 6.03. The van der Waals surface area contributed by atoms with Crippen molar-refractivity contribution in [1.82, 2.24) is 10.2 Å². The first-order chi connectivity index (χ1) is 11.4. The number of hydrogen-bond donors (Lipinski definition) is 1. The summed E-state index contributed by atoms with van der Waals surface area (Å²) in [6.07, 6.45) is 2.48. The molecule has 0 saturated carbocycles. The lowest BCUT2D eigenvalue weighted by Crippen LogP contribution is -2.39. The van der Waals surface area contributed by atoms with Crippen LogP contribution < -0.4 is 10.2 Å². The smallest absolute Gasteiger partial charge is 0.294 e.